The van der Waals surface area contributed by atoms with E-state index in [1.54, 1.807) is 36.4 Å². The fraction of sp³-hybridized carbons (Fsp3) is 0.250. The fourth-order valence-electron chi connectivity index (χ4n) is 3.90. The van der Waals surface area contributed by atoms with Gasteiger partial charge >= 0.3 is 5.97 Å². The Labute approximate surface area is 202 Å². The van der Waals surface area contributed by atoms with Gasteiger partial charge in [-0.1, -0.05) is 24.3 Å². The van der Waals surface area contributed by atoms with Gasteiger partial charge in [-0.25, -0.2) is 23.2 Å². The van der Waals surface area contributed by atoms with Gasteiger partial charge < -0.3 is 15.2 Å². The molecule has 10 nitrogen and oxygen atoms in total. The molecule has 2 N–H and O–H groups in total. The van der Waals surface area contributed by atoms with Crippen molar-refractivity contribution in [2.24, 2.45) is 5.92 Å². The van der Waals surface area contributed by atoms with Crippen LogP contribution in [0.1, 0.15) is 23.2 Å². The highest BCUT2D eigenvalue weighted by Gasteiger charge is 2.34. The molecule has 0 spiro atoms. The first-order valence-electron chi connectivity index (χ1n) is 10.9. The number of aromatic hydroxyl groups is 1. The van der Waals surface area contributed by atoms with Crippen molar-refractivity contribution in [1.82, 2.24) is 14.3 Å². The molecule has 2 heterocycles. The Kier molecular flexibility index (Phi) is 7.08. The Morgan fingerprint density at radius 2 is 1.74 bits per heavy atom. The monoisotopic (exact) mass is 496 g/mol. The lowest BCUT2D eigenvalue weighted by atomic mass is 9.97. The Morgan fingerprint density at radius 3 is 2.40 bits per heavy atom. The van der Waals surface area contributed by atoms with Crippen LogP contribution in [0.3, 0.4) is 0 Å². The zero-order valence-corrected chi connectivity index (χ0v) is 19.7. The summed E-state index contributed by atoms with van der Waals surface area (Å²) in [6, 6.07) is 12.4. The van der Waals surface area contributed by atoms with Gasteiger partial charge in [-0.3, -0.25) is 4.79 Å². The average molecular weight is 497 g/mol. The number of piperidine rings is 1. The van der Waals surface area contributed by atoms with Crippen LogP contribution in [-0.4, -0.2) is 59.9 Å². The summed E-state index contributed by atoms with van der Waals surface area (Å²) in [5, 5.41) is 12.4. The van der Waals surface area contributed by atoms with Crippen LogP contribution in [0.2, 0.25) is 0 Å². The van der Waals surface area contributed by atoms with Gasteiger partial charge in [0.15, 0.2) is 5.82 Å². The lowest BCUT2D eigenvalue weighted by Gasteiger charge is -2.30. The maximum atomic E-state index is 13.2. The molecule has 0 unspecified atom stereocenters. The molecule has 2 aromatic carbocycles. The van der Waals surface area contributed by atoms with Crippen LogP contribution in [0.4, 0.5) is 5.69 Å². The Balaban J connectivity index is 1.38. The minimum Gasteiger partial charge on any atom is -0.508 e. The molecule has 1 aromatic heterocycles. The van der Waals surface area contributed by atoms with Crippen molar-refractivity contribution in [1.29, 1.82) is 0 Å². The normalized spacial score (nSPS) is 14.9. The van der Waals surface area contributed by atoms with Crippen molar-refractivity contribution in [3.05, 3.63) is 66.5 Å². The van der Waals surface area contributed by atoms with E-state index in [1.165, 1.54) is 35.9 Å². The Bertz CT molecular complexity index is 1340. The number of nitrogens with zero attached hydrogens (tertiary/aromatic N) is 3. The number of rotatable bonds is 6. The third-order valence-corrected chi connectivity index (χ3v) is 7.72. The number of methoxy groups -OCH3 is 1. The molecule has 4 rings (SSSR count). The summed E-state index contributed by atoms with van der Waals surface area (Å²) in [6.07, 6.45) is 3.61. The van der Waals surface area contributed by atoms with Gasteiger partial charge in [0.2, 0.25) is 15.9 Å². The van der Waals surface area contributed by atoms with Crippen LogP contribution in [0.25, 0.3) is 11.4 Å². The third kappa shape index (κ3) is 5.31. The van der Waals surface area contributed by atoms with Crippen molar-refractivity contribution >= 4 is 27.6 Å². The minimum absolute atomic E-state index is 0.0240. The van der Waals surface area contributed by atoms with Crippen LogP contribution in [0.15, 0.2) is 65.8 Å². The number of nitrogens with one attached hydrogen (secondary N) is 1. The summed E-state index contributed by atoms with van der Waals surface area (Å²) >= 11 is 0. The number of anilines is 1. The molecule has 1 fully saturated rings. The second kappa shape index (κ2) is 10.2. The van der Waals surface area contributed by atoms with E-state index >= 15 is 0 Å². The molecular weight excluding hydrogens is 472 g/mol. The average Bonchev–Trinajstić information content (AvgIpc) is 2.88. The fourth-order valence-corrected chi connectivity index (χ4v) is 5.55. The summed E-state index contributed by atoms with van der Waals surface area (Å²) in [7, 11) is -2.73. The van der Waals surface area contributed by atoms with Gasteiger partial charge in [-0.05, 0) is 37.1 Å². The molecule has 0 radical (unpaired) electrons. The summed E-state index contributed by atoms with van der Waals surface area (Å²) < 4.78 is 32.3. The molecule has 182 valence electrons. The molecule has 1 aliphatic heterocycles. The van der Waals surface area contributed by atoms with Crippen molar-refractivity contribution in [3.63, 3.8) is 0 Å². The summed E-state index contributed by atoms with van der Waals surface area (Å²) in [5.74, 6) is -0.847. The molecule has 1 aliphatic rings. The highest BCUT2D eigenvalue weighted by Crippen LogP contribution is 2.27. The molecule has 35 heavy (non-hydrogen) atoms. The summed E-state index contributed by atoms with van der Waals surface area (Å²) in [6.45, 7) is 0.283. The number of aromatic nitrogens is 2. The van der Waals surface area contributed by atoms with Crippen molar-refractivity contribution in [2.45, 2.75) is 17.7 Å². The first-order valence-corrected chi connectivity index (χ1v) is 12.3. The molecule has 1 saturated heterocycles. The molecular formula is C24H24N4O6S. The van der Waals surface area contributed by atoms with Crippen LogP contribution >= 0.6 is 0 Å². The number of sulfonamides is 1. The molecule has 0 aliphatic carbocycles. The van der Waals surface area contributed by atoms with Gasteiger partial charge in [-0.2, -0.15) is 4.31 Å². The predicted octanol–water partition coefficient (Wildman–Crippen LogP) is 2.68. The second-order valence-electron chi connectivity index (χ2n) is 8.00. The number of esters is 1. The maximum absolute atomic E-state index is 13.2. The second-order valence-corrected chi connectivity index (χ2v) is 9.91. The first-order chi connectivity index (χ1) is 16.8. The largest absolute Gasteiger partial charge is 0.508 e. The number of hydrogen-bond acceptors (Lipinski definition) is 8. The van der Waals surface area contributed by atoms with Gasteiger partial charge in [0.25, 0.3) is 0 Å². The van der Waals surface area contributed by atoms with Crippen LogP contribution < -0.4 is 5.32 Å². The molecule has 0 bridgehead atoms. The van der Waals surface area contributed by atoms with Crippen molar-refractivity contribution in [2.75, 3.05) is 25.5 Å². The molecule has 0 saturated carbocycles. The summed E-state index contributed by atoms with van der Waals surface area (Å²) in [5.41, 5.74) is 1.04. The number of hydrogen-bond donors (Lipinski definition) is 2. The topological polar surface area (TPSA) is 139 Å². The molecule has 0 atom stereocenters. The zero-order valence-electron chi connectivity index (χ0n) is 18.9. The van der Waals surface area contributed by atoms with Crippen LogP contribution in [0, 0.1) is 5.92 Å². The zero-order chi connectivity index (χ0) is 25.0. The predicted molar refractivity (Wildman–Crippen MR) is 127 cm³/mol. The maximum Gasteiger partial charge on any atom is 0.339 e. The molecule has 1 amide bonds. The number of carbonyl (C=O) groups excluding carboxylic acids is 2. The molecule has 3 aromatic rings. The van der Waals surface area contributed by atoms with E-state index in [4.69, 9.17) is 4.74 Å². The lowest BCUT2D eigenvalue weighted by molar-refractivity contribution is -0.120. The van der Waals surface area contributed by atoms with Crippen molar-refractivity contribution < 1.29 is 27.9 Å². The number of phenolic OH excluding ortho intramolecular Hbond substituents is 1. The standard InChI is InChI=1S/C24H24N4O6S/c1-34-24(31)20-7-2-3-8-21(20)35(32,33)28-11-9-16(10-12-28)23(30)27-18-14-25-22(26-15-18)17-5-4-6-19(29)13-17/h2-8,13-16,29H,9-12H2,1H3,(H,27,30). The van der Waals surface area contributed by atoms with Gasteiger partial charge in [0, 0.05) is 24.6 Å². The highest BCUT2D eigenvalue weighted by molar-refractivity contribution is 7.89. The number of benzene rings is 2. The Hall–Kier alpha value is -3.83. The van der Waals surface area contributed by atoms with E-state index in [0.717, 1.165) is 0 Å². The smallest absolute Gasteiger partial charge is 0.339 e. The van der Waals surface area contributed by atoms with E-state index in [0.29, 0.717) is 29.9 Å². The Morgan fingerprint density at radius 1 is 1.06 bits per heavy atom. The van der Waals surface area contributed by atoms with Gasteiger partial charge in [0.1, 0.15) is 5.75 Å². The van der Waals surface area contributed by atoms with Crippen molar-refractivity contribution in [3.8, 4) is 17.1 Å². The van der Waals surface area contributed by atoms with E-state index in [1.807, 2.05) is 0 Å². The quantitative estimate of drug-likeness (QED) is 0.497. The highest BCUT2D eigenvalue weighted by atomic mass is 32.2. The summed E-state index contributed by atoms with van der Waals surface area (Å²) in [4.78, 5) is 33.1. The SMILES string of the molecule is COC(=O)c1ccccc1S(=O)(=O)N1CCC(C(=O)Nc2cnc(-c3cccc(O)c3)nc2)CC1. The number of carbonyl (C=O) groups is 2. The minimum atomic E-state index is -3.93. The van der Waals surface area contributed by atoms with E-state index in [2.05, 4.69) is 15.3 Å². The lowest BCUT2D eigenvalue weighted by Crippen LogP contribution is -2.41. The van der Waals surface area contributed by atoms with Gasteiger partial charge in [-0.15, -0.1) is 0 Å². The molecule has 11 heteroatoms. The number of amides is 1. The number of phenols is 1. The number of ether oxygens (including phenoxy) is 1. The van der Waals surface area contributed by atoms with E-state index < -0.39 is 16.0 Å². The van der Waals surface area contributed by atoms with E-state index in [9.17, 15) is 23.1 Å². The van der Waals surface area contributed by atoms with Crippen LogP contribution in [-0.2, 0) is 19.6 Å². The van der Waals surface area contributed by atoms with Crippen LogP contribution in [0.5, 0.6) is 5.75 Å². The first kappa shape index (κ1) is 24.3. The third-order valence-electron chi connectivity index (χ3n) is 5.76. The van der Waals surface area contributed by atoms with E-state index in [-0.39, 0.29) is 41.1 Å². The van der Waals surface area contributed by atoms with Gasteiger partial charge in [0.05, 0.1) is 35.6 Å².